The summed E-state index contributed by atoms with van der Waals surface area (Å²) < 4.78 is 5.11. The molecule has 0 aliphatic carbocycles. The van der Waals surface area contributed by atoms with Gasteiger partial charge in [-0.05, 0) is 42.8 Å². The van der Waals surface area contributed by atoms with Crippen molar-refractivity contribution in [3.8, 4) is 11.5 Å². The van der Waals surface area contributed by atoms with Crippen LogP contribution >= 0.6 is 11.6 Å². The lowest BCUT2D eigenvalue weighted by Crippen LogP contribution is -2.26. The summed E-state index contributed by atoms with van der Waals surface area (Å²) in [6.45, 7) is 2.21. The van der Waals surface area contributed by atoms with Crippen LogP contribution in [0.15, 0.2) is 47.1 Å². The molecular weight excluding hydrogens is 328 g/mol. The fourth-order valence-corrected chi connectivity index (χ4v) is 2.35. The molecule has 3 rings (SSSR count). The van der Waals surface area contributed by atoms with E-state index in [2.05, 4.69) is 15.1 Å². The molecule has 0 radical (unpaired) electrons. The Bertz CT molecular complexity index is 844. The van der Waals surface area contributed by atoms with Crippen molar-refractivity contribution in [2.45, 2.75) is 13.5 Å². The highest BCUT2D eigenvalue weighted by atomic mass is 35.5. The van der Waals surface area contributed by atoms with Crippen LogP contribution in [0.4, 0.5) is 0 Å². The van der Waals surface area contributed by atoms with Gasteiger partial charge in [0.15, 0.2) is 5.82 Å². The van der Waals surface area contributed by atoms with Crippen molar-refractivity contribution in [2.24, 2.45) is 0 Å². The number of aryl methyl sites for hydroxylation is 1. The van der Waals surface area contributed by atoms with Crippen LogP contribution in [-0.4, -0.2) is 33.0 Å². The SMILES string of the molecule is Cc1noc(-c2ccc(C(=O)N(C)Cc3ccc(Cl)nc3)cc2)n1. The van der Waals surface area contributed by atoms with Crippen LogP contribution in [0.5, 0.6) is 0 Å². The van der Waals surface area contributed by atoms with Gasteiger partial charge in [-0.25, -0.2) is 4.98 Å². The van der Waals surface area contributed by atoms with Gasteiger partial charge in [0.25, 0.3) is 11.8 Å². The topological polar surface area (TPSA) is 72.1 Å². The lowest BCUT2D eigenvalue weighted by Gasteiger charge is -2.17. The third-order valence-corrected chi connectivity index (χ3v) is 3.69. The fraction of sp³-hybridized carbons (Fsp3) is 0.176. The Morgan fingerprint density at radius 2 is 1.96 bits per heavy atom. The Labute approximate surface area is 144 Å². The van der Waals surface area contributed by atoms with Gasteiger partial charge < -0.3 is 9.42 Å². The number of hydrogen-bond acceptors (Lipinski definition) is 5. The molecule has 1 amide bonds. The average molecular weight is 343 g/mol. The molecule has 0 saturated heterocycles. The Morgan fingerprint density at radius 1 is 1.21 bits per heavy atom. The first-order chi connectivity index (χ1) is 11.5. The molecule has 2 aromatic heterocycles. The molecule has 24 heavy (non-hydrogen) atoms. The van der Waals surface area contributed by atoms with E-state index in [1.165, 1.54) is 0 Å². The first kappa shape index (κ1) is 16.1. The number of aromatic nitrogens is 3. The predicted octanol–water partition coefficient (Wildman–Crippen LogP) is 3.37. The summed E-state index contributed by atoms with van der Waals surface area (Å²) in [6.07, 6.45) is 1.66. The molecule has 1 aromatic carbocycles. The second kappa shape index (κ2) is 6.80. The van der Waals surface area contributed by atoms with Gasteiger partial charge in [-0.15, -0.1) is 0 Å². The summed E-state index contributed by atoms with van der Waals surface area (Å²) in [5.74, 6) is 0.923. The van der Waals surface area contributed by atoms with Gasteiger partial charge in [0.1, 0.15) is 5.15 Å². The van der Waals surface area contributed by atoms with Gasteiger partial charge in [-0.2, -0.15) is 4.98 Å². The van der Waals surface area contributed by atoms with Gasteiger partial charge >= 0.3 is 0 Å². The Morgan fingerprint density at radius 3 is 2.54 bits per heavy atom. The van der Waals surface area contributed by atoms with Crippen LogP contribution in [0.3, 0.4) is 0 Å². The van der Waals surface area contributed by atoms with Crippen LogP contribution in [0, 0.1) is 6.92 Å². The highest BCUT2D eigenvalue weighted by Gasteiger charge is 2.13. The Kier molecular flexibility index (Phi) is 4.57. The molecular formula is C17H15ClN4O2. The van der Waals surface area contributed by atoms with Crippen molar-refractivity contribution in [3.05, 3.63) is 64.7 Å². The molecule has 0 aliphatic rings. The maximum atomic E-state index is 12.5. The van der Waals surface area contributed by atoms with Crippen LogP contribution in [0.25, 0.3) is 11.5 Å². The minimum atomic E-state index is -0.0850. The van der Waals surface area contributed by atoms with E-state index in [-0.39, 0.29) is 5.91 Å². The summed E-state index contributed by atoms with van der Waals surface area (Å²) >= 11 is 5.76. The van der Waals surface area contributed by atoms with Crippen molar-refractivity contribution in [1.82, 2.24) is 20.0 Å². The molecule has 3 aromatic rings. The van der Waals surface area contributed by atoms with E-state index >= 15 is 0 Å². The van der Waals surface area contributed by atoms with Crippen molar-refractivity contribution >= 4 is 17.5 Å². The zero-order chi connectivity index (χ0) is 17.1. The first-order valence-corrected chi connectivity index (χ1v) is 7.67. The zero-order valence-corrected chi connectivity index (χ0v) is 14.0. The summed E-state index contributed by atoms with van der Waals surface area (Å²) in [5.41, 5.74) is 2.27. The zero-order valence-electron chi connectivity index (χ0n) is 13.2. The maximum Gasteiger partial charge on any atom is 0.257 e. The van der Waals surface area contributed by atoms with Gasteiger partial charge in [-0.3, -0.25) is 4.79 Å². The van der Waals surface area contributed by atoms with Gasteiger partial charge in [0, 0.05) is 30.9 Å². The second-order valence-corrected chi connectivity index (χ2v) is 5.76. The molecule has 2 heterocycles. The third-order valence-electron chi connectivity index (χ3n) is 3.46. The van der Waals surface area contributed by atoms with E-state index in [9.17, 15) is 4.79 Å². The summed E-state index contributed by atoms with van der Waals surface area (Å²) in [5, 5.41) is 4.19. The van der Waals surface area contributed by atoms with Crippen molar-refractivity contribution < 1.29 is 9.32 Å². The van der Waals surface area contributed by atoms with Gasteiger partial charge in [0.2, 0.25) is 0 Å². The van der Waals surface area contributed by atoms with E-state index in [0.29, 0.717) is 29.0 Å². The van der Waals surface area contributed by atoms with E-state index in [1.807, 2.05) is 6.07 Å². The van der Waals surface area contributed by atoms with Crippen molar-refractivity contribution in [3.63, 3.8) is 0 Å². The monoisotopic (exact) mass is 342 g/mol. The highest BCUT2D eigenvalue weighted by molar-refractivity contribution is 6.29. The largest absolute Gasteiger partial charge is 0.337 e. The number of nitrogens with zero attached hydrogens (tertiary/aromatic N) is 4. The molecule has 0 saturated carbocycles. The summed E-state index contributed by atoms with van der Waals surface area (Å²) in [7, 11) is 1.74. The Balaban J connectivity index is 1.71. The van der Waals surface area contributed by atoms with Crippen LogP contribution in [0.1, 0.15) is 21.7 Å². The minimum Gasteiger partial charge on any atom is -0.337 e. The molecule has 122 valence electrons. The summed E-state index contributed by atoms with van der Waals surface area (Å²) in [4.78, 5) is 22.3. The molecule has 0 atom stereocenters. The minimum absolute atomic E-state index is 0.0850. The highest BCUT2D eigenvalue weighted by Crippen LogP contribution is 2.18. The molecule has 0 unspecified atom stereocenters. The molecule has 0 fully saturated rings. The second-order valence-electron chi connectivity index (χ2n) is 5.37. The van der Waals surface area contributed by atoms with E-state index in [1.54, 1.807) is 55.4 Å². The molecule has 6 nitrogen and oxygen atoms in total. The predicted molar refractivity (Wildman–Crippen MR) is 89.5 cm³/mol. The Hall–Kier alpha value is -2.73. The molecule has 7 heteroatoms. The van der Waals surface area contributed by atoms with E-state index in [0.717, 1.165) is 11.1 Å². The van der Waals surface area contributed by atoms with Gasteiger partial charge in [-0.1, -0.05) is 22.8 Å². The first-order valence-electron chi connectivity index (χ1n) is 7.29. The van der Waals surface area contributed by atoms with Crippen molar-refractivity contribution in [1.29, 1.82) is 0 Å². The third kappa shape index (κ3) is 3.60. The number of carbonyl (C=O) groups excluding carboxylic acids is 1. The lowest BCUT2D eigenvalue weighted by atomic mass is 10.1. The number of carbonyl (C=O) groups is 1. The maximum absolute atomic E-state index is 12.5. The lowest BCUT2D eigenvalue weighted by molar-refractivity contribution is 0.0785. The number of pyridine rings is 1. The molecule has 0 aliphatic heterocycles. The smallest absolute Gasteiger partial charge is 0.257 e. The normalized spacial score (nSPS) is 10.6. The van der Waals surface area contributed by atoms with Gasteiger partial charge in [0.05, 0.1) is 0 Å². The summed E-state index contributed by atoms with van der Waals surface area (Å²) in [6, 6.07) is 10.6. The number of rotatable bonds is 4. The number of amides is 1. The fourth-order valence-electron chi connectivity index (χ4n) is 2.24. The number of benzene rings is 1. The van der Waals surface area contributed by atoms with Crippen molar-refractivity contribution in [2.75, 3.05) is 7.05 Å². The standard InChI is InChI=1S/C17H15ClN4O2/c1-11-20-16(24-21-11)13-4-6-14(7-5-13)17(23)22(2)10-12-3-8-15(18)19-9-12/h3-9H,10H2,1-2H3. The quantitative estimate of drug-likeness (QED) is 0.680. The molecule has 0 bridgehead atoms. The average Bonchev–Trinajstić information content (AvgIpc) is 3.03. The molecule has 0 spiro atoms. The van der Waals surface area contributed by atoms with Crippen LogP contribution in [0.2, 0.25) is 5.15 Å². The number of halogens is 1. The van der Waals surface area contributed by atoms with E-state index in [4.69, 9.17) is 16.1 Å². The van der Waals surface area contributed by atoms with Crippen LogP contribution in [-0.2, 0) is 6.54 Å². The van der Waals surface area contributed by atoms with Crippen LogP contribution < -0.4 is 0 Å². The number of hydrogen-bond donors (Lipinski definition) is 0. The van der Waals surface area contributed by atoms with E-state index < -0.39 is 0 Å². The molecule has 0 N–H and O–H groups in total.